The zero-order valence-corrected chi connectivity index (χ0v) is 12.8. The molecule has 2 aromatic rings. The predicted molar refractivity (Wildman–Crippen MR) is 81.8 cm³/mol. The first-order valence-electron chi connectivity index (χ1n) is 6.22. The molecule has 5 nitrogen and oxygen atoms in total. The molecule has 0 radical (unpaired) electrons. The second-order valence-electron chi connectivity index (χ2n) is 4.23. The van der Waals surface area contributed by atoms with Crippen molar-refractivity contribution in [2.75, 3.05) is 0 Å². The molecule has 0 aliphatic carbocycles. The van der Waals surface area contributed by atoms with Gasteiger partial charge < -0.3 is 15.5 Å². The minimum Gasteiger partial charge on any atom is -0.462 e. The van der Waals surface area contributed by atoms with E-state index >= 15 is 0 Å². The lowest BCUT2D eigenvalue weighted by atomic mass is 10.2. The summed E-state index contributed by atoms with van der Waals surface area (Å²) in [4.78, 5) is 16.1. The number of thiazole rings is 1. The van der Waals surface area contributed by atoms with E-state index in [0.29, 0.717) is 13.0 Å². The molecule has 2 aromatic heterocycles. The van der Waals surface area contributed by atoms with Gasteiger partial charge in [0.15, 0.2) is 10.8 Å². The molecule has 20 heavy (non-hydrogen) atoms. The van der Waals surface area contributed by atoms with Gasteiger partial charge in [-0.05, 0) is 18.6 Å². The van der Waals surface area contributed by atoms with Crippen LogP contribution in [0.4, 0.5) is 0 Å². The second-order valence-corrected chi connectivity index (χ2v) is 5.09. The zero-order valence-electron chi connectivity index (χ0n) is 11.2. The van der Waals surface area contributed by atoms with Crippen LogP contribution in [0.1, 0.15) is 25.5 Å². The minimum atomic E-state index is -0.437. The number of amides is 1. The highest BCUT2D eigenvalue weighted by atomic mass is 35.5. The average molecular weight is 316 g/mol. The smallest absolute Gasteiger partial charge is 0.237 e. The van der Waals surface area contributed by atoms with Crippen molar-refractivity contribution in [1.82, 2.24) is 10.3 Å². The number of rotatable bonds is 6. The van der Waals surface area contributed by atoms with Gasteiger partial charge >= 0.3 is 0 Å². The Hall–Kier alpha value is -1.37. The monoisotopic (exact) mass is 315 g/mol. The van der Waals surface area contributed by atoms with Gasteiger partial charge in [0.1, 0.15) is 0 Å². The maximum Gasteiger partial charge on any atom is 0.237 e. The van der Waals surface area contributed by atoms with Gasteiger partial charge in [-0.2, -0.15) is 0 Å². The number of carbonyl (C=O) groups is 1. The number of hydrogen-bond donors (Lipinski definition) is 2. The summed E-state index contributed by atoms with van der Waals surface area (Å²) < 4.78 is 5.27. The summed E-state index contributed by atoms with van der Waals surface area (Å²) in [6.07, 6.45) is 3.20. The summed E-state index contributed by atoms with van der Waals surface area (Å²) in [7, 11) is 0. The van der Waals surface area contributed by atoms with Crippen LogP contribution in [0.3, 0.4) is 0 Å². The van der Waals surface area contributed by atoms with Crippen LogP contribution in [0.25, 0.3) is 10.8 Å². The maximum atomic E-state index is 11.7. The first kappa shape index (κ1) is 16.7. The molecule has 7 heteroatoms. The predicted octanol–water partition coefficient (Wildman–Crippen LogP) is 2.57. The minimum absolute atomic E-state index is 0. The van der Waals surface area contributed by atoms with Gasteiger partial charge in [-0.1, -0.05) is 13.3 Å². The third kappa shape index (κ3) is 4.33. The summed E-state index contributed by atoms with van der Waals surface area (Å²) >= 11 is 1.49. The van der Waals surface area contributed by atoms with Crippen LogP contribution in [0, 0.1) is 0 Å². The molecule has 0 fully saturated rings. The Morgan fingerprint density at radius 1 is 1.60 bits per heavy atom. The molecular formula is C13H18ClN3O2S. The highest BCUT2D eigenvalue weighted by molar-refractivity contribution is 7.13. The highest BCUT2D eigenvalue weighted by Gasteiger charge is 2.13. The lowest BCUT2D eigenvalue weighted by Crippen LogP contribution is -2.40. The molecular weight excluding hydrogens is 298 g/mol. The summed E-state index contributed by atoms with van der Waals surface area (Å²) in [5.74, 6) is 0.611. The van der Waals surface area contributed by atoms with Gasteiger partial charge in [0.05, 0.1) is 24.5 Å². The standard InChI is InChI=1S/C13H17N3O2S.ClH/c1-2-4-10(14)12(17)15-7-9-8-19-13(16-9)11-5-3-6-18-11;/h3,5-6,8,10H,2,4,7,14H2,1H3,(H,15,17);1H. The van der Waals surface area contributed by atoms with Crippen molar-refractivity contribution >= 4 is 29.7 Å². The van der Waals surface area contributed by atoms with Crippen LogP contribution in [0.15, 0.2) is 28.2 Å². The first-order valence-corrected chi connectivity index (χ1v) is 7.10. The molecule has 0 aromatic carbocycles. The summed E-state index contributed by atoms with van der Waals surface area (Å²) in [5.41, 5.74) is 6.54. The van der Waals surface area contributed by atoms with E-state index in [9.17, 15) is 4.79 Å². The summed E-state index contributed by atoms with van der Waals surface area (Å²) in [6, 6.07) is 3.24. The van der Waals surface area contributed by atoms with E-state index in [4.69, 9.17) is 10.2 Å². The molecule has 110 valence electrons. The van der Waals surface area contributed by atoms with Gasteiger partial charge in [-0.3, -0.25) is 4.79 Å². The maximum absolute atomic E-state index is 11.7. The van der Waals surface area contributed by atoms with E-state index in [1.807, 2.05) is 24.4 Å². The lowest BCUT2D eigenvalue weighted by Gasteiger charge is -2.09. The Balaban J connectivity index is 0.00000200. The number of nitrogens with two attached hydrogens (primary N) is 1. The Bertz CT molecular complexity index is 527. The third-order valence-corrected chi connectivity index (χ3v) is 3.57. The van der Waals surface area contributed by atoms with Crippen molar-refractivity contribution in [3.05, 3.63) is 29.5 Å². The van der Waals surface area contributed by atoms with E-state index in [0.717, 1.165) is 22.9 Å². The SMILES string of the molecule is CCCC(N)C(=O)NCc1csc(-c2ccco2)n1.Cl. The van der Waals surface area contributed by atoms with Crippen molar-refractivity contribution in [3.63, 3.8) is 0 Å². The number of hydrogen-bond acceptors (Lipinski definition) is 5. The fraction of sp³-hybridized carbons (Fsp3) is 0.385. The summed E-state index contributed by atoms with van der Waals surface area (Å²) in [5, 5.41) is 5.51. The Labute approximate surface area is 128 Å². The molecule has 2 heterocycles. The van der Waals surface area contributed by atoms with Crippen LogP contribution in [-0.2, 0) is 11.3 Å². The number of aromatic nitrogens is 1. The van der Waals surface area contributed by atoms with E-state index in [2.05, 4.69) is 10.3 Å². The Morgan fingerprint density at radius 3 is 3.05 bits per heavy atom. The van der Waals surface area contributed by atoms with Crippen LogP contribution in [-0.4, -0.2) is 16.9 Å². The van der Waals surface area contributed by atoms with Crippen LogP contribution in [0.2, 0.25) is 0 Å². The molecule has 1 unspecified atom stereocenters. The number of nitrogens with one attached hydrogen (secondary N) is 1. The molecule has 0 bridgehead atoms. The van der Waals surface area contributed by atoms with Gasteiger partial charge in [-0.15, -0.1) is 23.7 Å². The van der Waals surface area contributed by atoms with Crippen molar-refractivity contribution in [2.45, 2.75) is 32.4 Å². The highest BCUT2D eigenvalue weighted by Crippen LogP contribution is 2.23. The number of nitrogens with zero attached hydrogens (tertiary/aromatic N) is 1. The normalized spacial score (nSPS) is 11.7. The fourth-order valence-electron chi connectivity index (χ4n) is 1.65. The van der Waals surface area contributed by atoms with Crippen molar-refractivity contribution < 1.29 is 9.21 Å². The quantitative estimate of drug-likeness (QED) is 0.858. The van der Waals surface area contributed by atoms with E-state index in [-0.39, 0.29) is 18.3 Å². The van der Waals surface area contributed by atoms with Crippen LogP contribution in [0.5, 0.6) is 0 Å². The molecule has 3 N–H and O–H groups in total. The zero-order chi connectivity index (χ0) is 13.7. The van der Waals surface area contributed by atoms with Gasteiger partial charge in [0.25, 0.3) is 0 Å². The van der Waals surface area contributed by atoms with E-state index in [1.54, 1.807) is 6.26 Å². The van der Waals surface area contributed by atoms with Crippen molar-refractivity contribution in [1.29, 1.82) is 0 Å². The largest absolute Gasteiger partial charge is 0.462 e. The second kappa shape index (κ2) is 8.04. The van der Waals surface area contributed by atoms with Gasteiger partial charge in [0, 0.05) is 5.38 Å². The Kier molecular flexibility index (Phi) is 6.70. The van der Waals surface area contributed by atoms with E-state index in [1.165, 1.54) is 11.3 Å². The number of furan rings is 1. The molecule has 2 rings (SSSR count). The molecule has 0 spiro atoms. The van der Waals surface area contributed by atoms with Gasteiger partial charge in [0.2, 0.25) is 5.91 Å². The fourth-order valence-corrected chi connectivity index (χ4v) is 2.44. The van der Waals surface area contributed by atoms with Crippen molar-refractivity contribution in [2.24, 2.45) is 5.73 Å². The molecule has 1 amide bonds. The van der Waals surface area contributed by atoms with E-state index < -0.39 is 6.04 Å². The molecule has 0 saturated carbocycles. The topological polar surface area (TPSA) is 81.2 Å². The number of halogens is 1. The first-order chi connectivity index (χ1) is 9.20. The third-order valence-electron chi connectivity index (χ3n) is 2.66. The molecule has 1 atom stereocenters. The van der Waals surface area contributed by atoms with Crippen molar-refractivity contribution in [3.8, 4) is 10.8 Å². The average Bonchev–Trinajstić information content (AvgIpc) is 3.06. The summed E-state index contributed by atoms with van der Waals surface area (Å²) in [6.45, 7) is 2.40. The van der Waals surface area contributed by atoms with Crippen LogP contribution >= 0.6 is 23.7 Å². The van der Waals surface area contributed by atoms with Gasteiger partial charge in [-0.25, -0.2) is 4.98 Å². The Morgan fingerprint density at radius 2 is 2.40 bits per heavy atom. The molecule has 0 aliphatic rings. The lowest BCUT2D eigenvalue weighted by molar-refractivity contribution is -0.122. The molecule has 0 aliphatic heterocycles. The molecule has 0 saturated heterocycles. The van der Waals surface area contributed by atoms with Crippen LogP contribution < -0.4 is 11.1 Å². The number of carbonyl (C=O) groups excluding carboxylic acids is 1.